The number of rotatable bonds is 2. The molecule has 0 amide bonds. The number of hydrogen-bond donors (Lipinski definition) is 2. The predicted octanol–water partition coefficient (Wildman–Crippen LogP) is 3.21. The maximum absolute atomic E-state index is 10.2. The molecule has 0 radical (unpaired) electrons. The highest BCUT2D eigenvalue weighted by Gasteiger charge is 2.29. The van der Waals surface area contributed by atoms with Crippen LogP contribution in [0, 0.1) is 27.7 Å². The van der Waals surface area contributed by atoms with Gasteiger partial charge >= 0.3 is 0 Å². The van der Waals surface area contributed by atoms with Crippen LogP contribution in [-0.4, -0.2) is 21.2 Å². The third kappa shape index (κ3) is 2.78. The molecule has 0 unspecified atom stereocenters. The van der Waals surface area contributed by atoms with E-state index in [1.807, 2.05) is 26.0 Å². The molecule has 120 valence electrons. The second-order valence-electron chi connectivity index (χ2n) is 6.40. The Hall–Kier alpha value is -1.74. The van der Waals surface area contributed by atoms with E-state index in [4.69, 9.17) is 0 Å². The van der Waals surface area contributed by atoms with E-state index in [0.29, 0.717) is 5.75 Å². The van der Waals surface area contributed by atoms with Gasteiger partial charge in [0.15, 0.2) is 0 Å². The van der Waals surface area contributed by atoms with Gasteiger partial charge in [-0.25, -0.2) is 0 Å². The van der Waals surface area contributed by atoms with Gasteiger partial charge in [-0.2, -0.15) is 0 Å². The zero-order valence-electron chi connectivity index (χ0n) is 13.7. The van der Waals surface area contributed by atoms with Gasteiger partial charge in [0.25, 0.3) is 0 Å². The molecular formula is C19H28O2Si. The maximum Gasteiger partial charge on any atom is 0.121 e. The molecule has 3 heteroatoms. The van der Waals surface area contributed by atoms with Crippen molar-refractivity contribution in [2.75, 3.05) is 0 Å². The van der Waals surface area contributed by atoms with Crippen molar-refractivity contribution >= 4 is 11.0 Å². The van der Waals surface area contributed by atoms with Crippen molar-refractivity contribution in [1.82, 2.24) is 0 Å². The van der Waals surface area contributed by atoms with Gasteiger partial charge in [-0.15, -0.1) is 0 Å². The number of phenolic OH excluding ortho intramolecular Hbond substituents is 2. The van der Waals surface area contributed by atoms with Gasteiger partial charge in [-0.3, -0.25) is 0 Å². The third-order valence-corrected chi connectivity index (χ3v) is 4.80. The molecular weight excluding hydrogens is 288 g/mol. The molecule has 0 aliphatic rings. The van der Waals surface area contributed by atoms with E-state index in [-0.39, 0.29) is 22.1 Å². The van der Waals surface area contributed by atoms with E-state index in [1.165, 1.54) is 5.56 Å². The highest BCUT2D eigenvalue weighted by atomic mass is 28.1. The summed E-state index contributed by atoms with van der Waals surface area (Å²) >= 11 is 0. The Morgan fingerprint density at radius 3 is 1.55 bits per heavy atom. The maximum atomic E-state index is 10.2. The first-order chi connectivity index (χ1) is 9.67. The summed E-state index contributed by atoms with van der Waals surface area (Å²) in [4.78, 5) is 0. The quantitative estimate of drug-likeness (QED) is 0.835. The average molecular weight is 317 g/mol. The predicted molar refractivity (Wildman–Crippen MR) is 98.6 cm³/mol. The molecule has 2 rings (SSSR count). The molecule has 2 N–H and O–H groups in total. The summed E-state index contributed by atoms with van der Waals surface area (Å²) in [6.07, 6.45) is 0. The van der Waals surface area contributed by atoms with E-state index in [9.17, 15) is 10.2 Å². The van der Waals surface area contributed by atoms with Gasteiger partial charge < -0.3 is 10.2 Å². The van der Waals surface area contributed by atoms with E-state index >= 15 is 0 Å². The Labute approximate surface area is 137 Å². The number of benzene rings is 2. The van der Waals surface area contributed by atoms with Crippen molar-refractivity contribution in [3.8, 4) is 11.5 Å². The highest BCUT2D eigenvalue weighted by Crippen LogP contribution is 2.41. The van der Waals surface area contributed by atoms with Crippen LogP contribution in [0.5, 0.6) is 11.5 Å². The molecule has 0 atom stereocenters. The normalized spacial score (nSPS) is 11.2. The molecule has 0 saturated carbocycles. The van der Waals surface area contributed by atoms with Crippen molar-refractivity contribution in [3.63, 3.8) is 0 Å². The second kappa shape index (κ2) is 6.17. The average Bonchev–Trinajstić information content (AvgIpc) is 2.43. The monoisotopic (exact) mass is 316 g/mol. The molecule has 0 spiro atoms. The minimum Gasteiger partial charge on any atom is -0.508 e. The van der Waals surface area contributed by atoms with Crippen LogP contribution < -0.4 is 0 Å². The topological polar surface area (TPSA) is 40.5 Å². The minimum atomic E-state index is -0.189. The SMILES string of the molecule is Cc1c(C)c(C(C)(C)c2ccc(O)cc2)c(C)c(C)c1O.[SiH4]. The summed E-state index contributed by atoms with van der Waals surface area (Å²) in [5, 5.41) is 19.7. The lowest BCUT2D eigenvalue weighted by molar-refractivity contribution is 0.464. The molecule has 22 heavy (non-hydrogen) atoms. The minimum absolute atomic E-state index is 0. The van der Waals surface area contributed by atoms with Gasteiger partial charge in [-0.1, -0.05) is 26.0 Å². The smallest absolute Gasteiger partial charge is 0.121 e. The third-order valence-electron chi connectivity index (χ3n) is 4.80. The summed E-state index contributed by atoms with van der Waals surface area (Å²) in [6.45, 7) is 12.4. The number of phenols is 2. The molecule has 2 nitrogen and oxygen atoms in total. The zero-order valence-corrected chi connectivity index (χ0v) is 13.7. The van der Waals surface area contributed by atoms with Crippen LogP contribution in [0.1, 0.15) is 47.2 Å². The summed E-state index contributed by atoms with van der Waals surface area (Å²) in [5.41, 5.74) is 6.37. The van der Waals surface area contributed by atoms with Crippen LogP contribution in [0.25, 0.3) is 0 Å². The summed E-state index contributed by atoms with van der Waals surface area (Å²) < 4.78 is 0. The van der Waals surface area contributed by atoms with Crippen LogP contribution in [0.2, 0.25) is 0 Å². The zero-order chi connectivity index (χ0) is 15.9. The highest BCUT2D eigenvalue weighted by molar-refractivity contribution is 5.75. The van der Waals surface area contributed by atoms with E-state index in [0.717, 1.165) is 27.8 Å². The van der Waals surface area contributed by atoms with Crippen molar-refractivity contribution in [2.45, 2.75) is 47.0 Å². The Balaban J connectivity index is 0.00000242. The van der Waals surface area contributed by atoms with Gasteiger partial charge in [0.1, 0.15) is 11.5 Å². The first kappa shape index (κ1) is 18.3. The molecule has 0 saturated heterocycles. The fraction of sp³-hybridized carbons (Fsp3) is 0.368. The van der Waals surface area contributed by atoms with Crippen molar-refractivity contribution in [1.29, 1.82) is 0 Å². The van der Waals surface area contributed by atoms with Gasteiger partial charge in [0.2, 0.25) is 0 Å². The molecule has 0 fully saturated rings. The Morgan fingerprint density at radius 1 is 0.727 bits per heavy atom. The van der Waals surface area contributed by atoms with Gasteiger partial charge in [0.05, 0.1) is 0 Å². The Bertz CT molecular complexity index is 657. The fourth-order valence-electron chi connectivity index (χ4n) is 3.25. The Morgan fingerprint density at radius 2 is 1.14 bits per heavy atom. The molecule has 0 aliphatic heterocycles. The summed E-state index contributed by atoms with van der Waals surface area (Å²) in [5.74, 6) is 0.677. The van der Waals surface area contributed by atoms with E-state index in [1.54, 1.807) is 12.1 Å². The van der Waals surface area contributed by atoms with Crippen LogP contribution in [0.4, 0.5) is 0 Å². The molecule has 0 aliphatic carbocycles. The van der Waals surface area contributed by atoms with Crippen LogP contribution in [-0.2, 0) is 5.41 Å². The summed E-state index contributed by atoms with van der Waals surface area (Å²) in [6, 6.07) is 7.38. The number of hydrogen-bond acceptors (Lipinski definition) is 2. The largest absolute Gasteiger partial charge is 0.508 e. The van der Waals surface area contributed by atoms with Crippen LogP contribution in [0.15, 0.2) is 24.3 Å². The van der Waals surface area contributed by atoms with E-state index < -0.39 is 0 Å². The molecule has 0 bridgehead atoms. The van der Waals surface area contributed by atoms with Crippen LogP contribution >= 0.6 is 0 Å². The van der Waals surface area contributed by atoms with Crippen molar-refractivity contribution in [3.05, 3.63) is 57.6 Å². The number of aromatic hydroxyl groups is 2. The van der Waals surface area contributed by atoms with Crippen molar-refractivity contribution < 1.29 is 10.2 Å². The Kier molecular flexibility index (Phi) is 5.13. The molecule has 0 heterocycles. The van der Waals surface area contributed by atoms with E-state index in [2.05, 4.69) is 27.7 Å². The van der Waals surface area contributed by atoms with Gasteiger partial charge in [0, 0.05) is 5.41 Å². The van der Waals surface area contributed by atoms with Crippen molar-refractivity contribution in [2.24, 2.45) is 0 Å². The molecule has 2 aromatic carbocycles. The first-order valence-corrected chi connectivity index (χ1v) is 7.27. The van der Waals surface area contributed by atoms with Gasteiger partial charge in [-0.05, 0) is 84.2 Å². The standard InChI is InChI=1S/C19H24O2.H4Si/c1-11-13(3)18(21)14(4)12(2)17(11)19(5,6)15-7-9-16(20)10-8-15;/h7-10,20-21H,1-6H3;1H4. The summed E-state index contributed by atoms with van der Waals surface area (Å²) in [7, 11) is 0. The molecule has 0 aromatic heterocycles. The lowest BCUT2D eigenvalue weighted by atomic mass is 9.72. The lowest BCUT2D eigenvalue weighted by Crippen LogP contribution is -2.23. The lowest BCUT2D eigenvalue weighted by Gasteiger charge is -2.32. The fourth-order valence-corrected chi connectivity index (χ4v) is 3.25. The second-order valence-corrected chi connectivity index (χ2v) is 6.40. The molecule has 2 aromatic rings. The van der Waals surface area contributed by atoms with Crippen LogP contribution in [0.3, 0.4) is 0 Å². The first-order valence-electron chi connectivity index (χ1n) is 7.27.